The van der Waals surface area contributed by atoms with E-state index in [0.717, 1.165) is 10.9 Å². The van der Waals surface area contributed by atoms with Crippen LogP contribution in [0.15, 0.2) is 58.8 Å². The molecule has 0 aliphatic heterocycles. The molecule has 0 atom stereocenters. The molecule has 0 fully saturated rings. The summed E-state index contributed by atoms with van der Waals surface area (Å²) in [5.41, 5.74) is 1.11. The summed E-state index contributed by atoms with van der Waals surface area (Å²) < 4.78 is 12.2. The van der Waals surface area contributed by atoms with Gasteiger partial charge in [-0.05, 0) is 44.2 Å². The number of aromatic nitrogens is 1. The van der Waals surface area contributed by atoms with Crippen LogP contribution in [0.3, 0.4) is 0 Å². The number of carbonyl (C=O) groups excluding carboxylic acids is 1. The van der Waals surface area contributed by atoms with E-state index in [1.807, 2.05) is 38.1 Å². The number of carbonyl (C=O) groups is 1. The van der Waals surface area contributed by atoms with Crippen LogP contribution in [0.1, 0.15) is 19.9 Å². The molecule has 0 radical (unpaired) electrons. The molecular weight excluding hydrogens is 346 g/mol. The topological polar surface area (TPSA) is 85.4 Å². The van der Waals surface area contributed by atoms with Crippen molar-refractivity contribution in [2.75, 3.05) is 13.7 Å². The third kappa shape index (κ3) is 3.92. The van der Waals surface area contributed by atoms with Crippen LogP contribution in [-0.4, -0.2) is 29.3 Å². The van der Waals surface area contributed by atoms with E-state index < -0.39 is 5.91 Å². The molecule has 1 heterocycles. The fraction of sp³-hybridized carbons (Fsp3) is 0.250. The fourth-order valence-electron chi connectivity index (χ4n) is 2.81. The Hall–Kier alpha value is -3.35. The maximum Gasteiger partial charge on any atom is 0.302 e. The van der Waals surface area contributed by atoms with E-state index in [-0.39, 0.29) is 24.2 Å². The summed E-state index contributed by atoms with van der Waals surface area (Å²) in [7, 11) is 1.57. The summed E-state index contributed by atoms with van der Waals surface area (Å²) in [5, 5.41) is 18.9. The SMILES string of the molecule is COc1ccc(OCC(=O)N=Nc2c(O)n(C(C)C)c3ccccc23)cc1. The van der Waals surface area contributed by atoms with Gasteiger partial charge in [0.25, 0.3) is 0 Å². The van der Waals surface area contributed by atoms with Gasteiger partial charge in [-0.15, -0.1) is 10.2 Å². The molecule has 2 aromatic carbocycles. The van der Waals surface area contributed by atoms with Gasteiger partial charge >= 0.3 is 5.91 Å². The third-order valence-corrected chi connectivity index (χ3v) is 4.06. The molecule has 1 amide bonds. The van der Waals surface area contributed by atoms with Crippen LogP contribution < -0.4 is 9.47 Å². The third-order valence-electron chi connectivity index (χ3n) is 4.06. The standard InChI is InChI=1S/C20H21N3O4/c1-13(2)23-17-7-5-4-6-16(17)19(20(23)25)22-21-18(24)12-27-15-10-8-14(26-3)9-11-15/h4-11,13,25H,12H2,1-3H3. The van der Waals surface area contributed by atoms with E-state index >= 15 is 0 Å². The molecular formula is C20H21N3O4. The molecule has 140 valence electrons. The van der Waals surface area contributed by atoms with Gasteiger partial charge in [-0.1, -0.05) is 18.2 Å². The molecule has 0 bridgehead atoms. The normalized spacial score (nSPS) is 11.4. The summed E-state index contributed by atoms with van der Waals surface area (Å²) in [6, 6.07) is 14.4. The van der Waals surface area contributed by atoms with Gasteiger partial charge in [0, 0.05) is 11.4 Å². The Morgan fingerprint density at radius 2 is 1.78 bits per heavy atom. The molecule has 3 aromatic rings. The second-order valence-electron chi connectivity index (χ2n) is 6.21. The van der Waals surface area contributed by atoms with Gasteiger partial charge in [0.2, 0.25) is 5.88 Å². The first-order chi connectivity index (χ1) is 13.0. The number of ether oxygens (including phenoxy) is 2. The van der Waals surface area contributed by atoms with Gasteiger partial charge in [0.1, 0.15) is 11.5 Å². The van der Waals surface area contributed by atoms with Crippen molar-refractivity contribution < 1.29 is 19.4 Å². The molecule has 0 unspecified atom stereocenters. The maximum atomic E-state index is 12.0. The van der Waals surface area contributed by atoms with Crippen molar-refractivity contribution in [3.63, 3.8) is 0 Å². The van der Waals surface area contributed by atoms with E-state index in [0.29, 0.717) is 11.5 Å². The van der Waals surface area contributed by atoms with Gasteiger partial charge in [-0.3, -0.25) is 4.79 Å². The number of benzene rings is 2. The van der Waals surface area contributed by atoms with Crippen LogP contribution in [0.25, 0.3) is 10.9 Å². The summed E-state index contributed by atoms with van der Waals surface area (Å²) >= 11 is 0. The minimum atomic E-state index is -0.549. The fourth-order valence-corrected chi connectivity index (χ4v) is 2.81. The number of nitrogens with zero attached hydrogens (tertiary/aromatic N) is 3. The van der Waals surface area contributed by atoms with Crippen LogP contribution in [0, 0.1) is 0 Å². The van der Waals surface area contributed by atoms with E-state index in [1.54, 1.807) is 35.9 Å². The van der Waals surface area contributed by atoms with Crippen molar-refractivity contribution in [1.82, 2.24) is 4.57 Å². The number of rotatable bonds is 6. The zero-order chi connectivity index (χ0) is 19.4. The lowest BCUT2D eigenvalue weighted by Crippen LogP contribution is -2.07. The molecule has 7 heteroatoms. The Labute approximate surface area is 156 Å². The molecule has 27 heavy (non-hydrogen) atoms. The Morgan fingerprint density at radius 1 is 1.11 bits per heavy atom. The first kappa shape index (κ1) is 18.4. The number of azo groups is 1. The van der Waals surface area contributed by atoms with E-state index in [1.165, 1.54) is 0 Å². The van der Waals surface area contributed by atoms with E-state index in [2.05, 4.69) is 10.2 Å². The smallest absolute Gasteiger partial charge is 0.302 e. The maximum absolute atomic E-state index is 12.0. The number of hydrogen-bond acceptors (Lipinski definition) is 5. The molecule has 0 saturated carbocycles. The lowest BCUT2D eigenvalue weighted by atomic mass is 10.2. The van der Waals surface area contributed by atoms with Crippen molar-refractivity contribution in [3.8, 4) is 17.4 Å². The number of fused-ring (bicyclic) bond motifs is 1. The highest BCUT2D eigenvalue weighted by molar-refractivity contribution is 5.95. The van der Waals surface area contributed by atoms with Gasteiger partial charge in [-0.2, -0.15) is 0 Å². The minimum Gasteiger partial charge on any atom is -0.497 e. The second-order valence-corrected chi connectivity index (χ2v) is 6.21. The molecule has 7 nitrogen and oxygen atoms in total. The van der Waals surface area contributed by atoms with Crippen LogP contribution >= 0.6 is 0 Å². The molecule has 1 N–H and O–H groups in total. The van der Waals surface area contributed by atoms with Crippen molar-refractivity contribution in [2.45, 2.75) is 19.9 Å². The highest BCUT2D eigenvalue weighted by Gasteiger charge is 2.18. The van der Waals surface area contributed by atoms with Crippen LogP contribution in [0.4, 0.5) is 5.69 Å². The molecule has 1 aromatic heterocycles. The van der Waals surface area contributed by atoms with Gasteiger partial charge in [0.15, 0.2) is 12.3 Å². The lowest BCUT2D eigenvalue weighted by molar-refractivity contribution is -0.120. The largest absolute Gasteiger partial charge is 0.497 e. The van der Waals surface area contributed by atoms with E-state index in [4.69, 9.17) is 9.47 Å². The van der Waals surface area contributed by atoms with E-state index in [9.17, 15) is 9.90 Å². The monoisotopic (exact) mass is 367 g/mol. The lowest BCUT2D eigenvalue weighted by Gasteiger charge is -2.10. The zero-order valence-electron chi connectivity index (χ0n) is 15.4. The Bertz CT molecular complexity index is 975. The van der Waals surface area contributed by atoms with Crippen LogP contribution in [-0.2, 0) is 4.79 Å². The molecule has 0 spiro atoms. The van der Waals surface area contributed by atoms with Gasteiger partial charge in [-0.25, -0.2) is 0 Å². The summed E-state index contributed by atoms with van der Waals surface area (Å²) in [5.74, 6) is 0.661. The highest BCUT2D eigenvalue weighted by atomic mass is 16.5. The van der Waals surface area contributed by atoms with Crippen LogP contribution in [0.2, 0.25) is 0 Å². The van der Waals surface area contributed by atoms with Crippen LogP contribution in [0.5, 0.6) is 17.4 Å². The molecule has 3 rings (SSSR count). The van der Waals surface area contributed by atoms with Crippen molar-refractivity contribution >= 4 is 22.5 Å². The summed E-state index contributed by atoms with van der Waals surface area (Å²) in [6.45, 7) is 3.67. The molecule has 0 aliphatic carbocycles. The predicted molar refractivity (Wildman–Crippen MR) is 102 cm³/mol. The summed E-state index contributed by atoms with van der Waals surface area (Å²) in [6.07, 6.45) is 0. The number of methoxy groups -OCH3 is 1. The van der Waals surface area contributed by atoms with Gasteiger partial charge < -0.3 is 19.1 Å². The first-order valence-electron chi connectivity index (χ1n) is 8.54. The molecule has 0 saturated heterocycles. The number of aromatic hydroxyl groups is 1. The van der Waals surface area contributed by atoms with Crippen molar-refractivity contribution in [3.05, 3.63) is 48.5 Å². The van der Waals surface area contributed by atoms with Gasteiger partial charge in [0.05, 0.1) is 12.6 Å². The minimum absolute atomic E-state index is 0.0150. The number of para-hydroxylation sites is 1. The Balaban J connectivity index is 1.75. The number of amides is 1. The Kier molecular flexibility index (Phi) is 5.40. The predicted octanol–water partition coefficient (Wildman–Crippen LogP) is 4.63. The quantitative estimate of drug-likeness (QED) is 0.644. The second kappa shape index (κ2) is 7.90. The van der Waals surface area contributed by atoms with Crippen molar-refractivity contribution in [1.29, 1.82) is 0 Å². The summed E-state index contributed by atoms with van der Waals surface area (Å²) in [4.78, 5) is 12.0. The average molecular weight is 367 g/mol. The highest BCUT2D eigenvalue weighted by Crippen LogP contribution is 2.40. The molecule has 0 aliphatic rings. The average Bonchev–Trinajstić information content (AvgIpc) is 2.96. The number of hydrogen-bond donors (Lipinski definition) is 1. The Morgan fingerprint density at radius 3 is 2.44 bits per heavy atom. The zero-order valence-corrected chi connectivity index (χ0v) is 15.4. The first-order valence-corrected chi connectivity index (χ1v) is 8.54. The van der Waals surface area contributed by atoms with Crippen molar-refractivity contribution in [2.24, 2.45) is 10.2 Å².